The number of aliphatic carboxylic acids is 1. The maximum atomic E-state index is 13.8. The third-order valence-electron chi connectivity index (χ3n) is 8.13. The molecule has 16 heteroatoms. The van der Waals surface area contributed by atoms with E-state index in [4.69, 9.17) is 15.0 Å². The van der Waals surface area contributed by atoms with Gasteiger partial charge in [0.1, 0.15) is 5.97 Å². The van der Waals surface area contributed by atoms with Gasteiger partial charge in [-0.15, -0.1) is 0 Å². The molecule has 4 heterocycles. The van der Waals surface area contributed by atoms with E-state index in [9.17, 15) is 27.6 Å². The molecule has 3 aromatic heterocycles. The van der Waals surface area contributed by atoms with E-state index in [2.05, 4.69) is 26.3 Å². The number of rotatable bonds is 9. The van der Waals surface area contributed by atoms with E-state index < -0.39 is 12.1 Å². The fraction of sp³-hybridized carbons (Fsp3) is 0.250. The molecule has 0 radical (unpaired) electrons. The second kappa shape index (κ2) is 16.2. The third-order valence-corrected chi connectivity index (χ3v) is 8.13. The van der Waals surface area contributed by atoms with Crippen LogP contribution in [0.2, 0.25) is 0 Å². The van der Waals surface area contributed by atoms with E-state index in [1.54, 1.807) is 30.4 Å². The highest BCUT2D eigenvalue weighted by molar-refractivity contribution is 5.95. The number of hydrogen-bond acceptors (Lipinski definition) is 8. The highest BCUT2D eigenvalue weighted by atomic mass is 19.4. The molecule has 0 aliphatic carbocycles. The Kier molecular flexibility index (Phi) is 11.6. The zero-order valence-electron chi connectivity index (χ0n) is 28.0. The summed E-state index contributed by atoms with van der Waals surface area (Å²) in [4.78, 5) is 57.8. The number of carboxylic acids is 1. The maximum absolute atomic E-state index is 13.8. The number of hydrogen-bond donors (Lipinski definition) is 3. The number of anilines is 1. The van der Waals surface area contributed by atoms with Gasteiger partial charge in [0.05, 0.1) is 16.8 Å². The summed E-state index contributed by atoms with van der Waals surface area (Å²) in [7, 11) is 0. The van der Waals surface area contributed by atoms with Crippen LogP contribution in [0.15, 0.2) is 90.1 Å². The van der Waals surface area contributed by atoms with Gasteiger partial charge < -0.3 is 31.2 Å². The molecular formula is C36H35F3N8O5. The van der Waals surface area contributed by atoms with Gasteiger partial charge in [0.15, 0.2) is 6.04 Å². The van der Waals surface area contributed by atoms with Crippen molar-refractivity contribution >= 4 is 34.5 Å². The Bertz CT molecular complexity index is 2110. The van der Waals surface area contributed by atoms with Crippen molar-refractivity contribution in [3.63, 3.8) is 0 Å². The molecule has 270 valence electrons. The molecule has 0 fully saturated rings. The number of nitrogens with one attached hydrogen (secondary N) is 2. The van der Waals surface area contributed by atoms with Crippen molar-refractivity contribution < 1.29 is 38.4 Å². The number of amides is 3. The van der Waals surface area contributed by atoms with E-state index in [-0.39, 0.29) is 23.5 Å². The Morgan fingerprint density at radius 2 is 1.69 bits per heavy atom. The van der Waals surface area contributed by atoms with Gasteiger partial charge >= 0.3 is 12.2 Å². The van der Waals surface area contributed by atoms with Crippen LogP contribution in [0.5, 0.6) is 0 Å². The molecule has 5 N–H and O–H groups in total. The Hall–Kier alpha value is -6.16. The zero-order valence-corrected chi connectivity index (χ0v) is 28.0. The number of carbonyl (C=O) groups is 3. The third kappa shape index (κ3) is 9.14. The molecule has 0 saturated carbocycles. The number of unbranched alkanes of at least 4 members (excludes halogenated alkanes) is 1. The number of quaternary nitrogens is 1. The molecule has 1 aliphatic rings. The molecule has 52 heavy (non-hydrogen) atoms. The van der Waals surface area contributed by atoms with Crippen LogP contribution in [0.4, 0.5) is 23.7 Å². The number of urea groups is 1. The van der Waals surface area contributed by atoms with Crippen LogP contribution in [0.25, 0.3) is 33.3 Å². The van der Waals surface area contributed by atoms with Crippen molar-refractivity contribution in [2.75, 3.05) is 11.9 Å². The minimum Gasteiger partial charge on any atom is -0.542 e. The van der Waals surface area contributed by atoms with Gasteiger partial charge in [-0.2, -0.15) is 18.3 Å². The van der Waals surface area contributed by atoms with E-state index >= 15 is 0 Å². The molecule has 5 aromatic rings. The second-order valence-electron chi connectivity index (χ2n) is 12.0. The lowest BCUT2D eigenvalue weighted by molar-refractivity contribution is -0.398. The molecule has 1 aliphatic heterocycles. The average Bonchev–Trinajstić information content (AvgIpc) is 3.57. The Labute approximate surface area is 295 Å². The largest absolute Gasteiger partial charge is 0.542 e. The summed E-state index contributed by atoms with van der Waals surface area (Å²) < 4.78 is 33.0. The lowest BCUT2D eigenvalue weighted by atomic mass is 10.00. The van der Waals surface area contributed by atoms with Crippen LogP contribution in [-0.4, -0.2) is 61.3 Å². The maximum Gasteiger partial charge on any atom is 0.430 e. The Balaban J connectivity index is 0.000000679. The van der Waals surface area contributed by atoms with Gasteiger partial charge in [0.25, 0.3) is 11.5 Å². The fourth-order valence-electron chi connectivity index (χ4n) is 5.43. The minimum atomic E-state index is -5.19. The van der Waals surface area contributed by atoms with E-state index in [0.29, 0.717) is 56.0 Å². The number of halogens is 3. The first-order valence-electron chi connectivity index (χ1n) is 16.2. The topological polar surface area (TPSA) is 190 Å². The minimum absolute atomic E-state index is 0.0957. The van der Waals surface area contributed by atoms with E-state index in [1.807, 2.05) is 66.7 Å². The SMILES string of the molecule is C[C@H]([NH3+])C(=O)NCCCCn1nc(-c2ccc(NC(=O)N3Cc4ccncc4C3)cc2)cc(-c2cccc3ncccc23)c1=O.O=C([O-])C(F)(F)F. The first-order chi connectivity index (χ1) is 24.8. The van der Waals surface area contributed by atoms with Crippen molar-refractivity contribution in [1.82, 2.24) is 30.0 Å². The summed E-state index contributed by atoms with van der Waals surface area (Å²) in [5.74, 6) is -3.10. The van der Waals surface area contributed by atoms with Gasteiger partial charge in [-0.25, -0.2) is 9.48 Å². The summed E-state index contributed by atoms with van der Waals surface area (Å²) >= 11 is 0. The number of fused-ring (bicyclic) bond motifs is 2. The summed E-state index contributed by atoms with van der Waals surface area (Å²) in [5.41, 5.74) is 9.90. The highest BCUT2D eigenvalue weighted by Gasteiger charge is 2.29. The van der Waals surface area contributed by atoms with Gasteiger partial charge in [-0.3, -0.25) is 19.6 Å². The molecule has 0 spiro atoms. The number of pyridine rings is 2. The first kappa shape index (κ1) is 37.1. The number of benzene rings is 2. The fourth-order valence-corrected chi connectivity index (χ4v) is 5.43. The second-order valence-corrected chi connectivity index (χ2v) is 12.0. The monoisotopic (exact) mass is 716 g/mol. The van der Waals surface area contributed by atoms with Crippen molar-refractivity contribution in [3.05, 3.63) is 107 Å². The standard InChI is InChI=1S/C34H34N8O3.C2HF3O2/c1-22(35)32(43)38-14-2-3-17-42-33(44)29(27-6-4-8-30-28(27)7-5-15-37-30)18-31(40-42)23-9-11-26(12-10-23)39-34(45)41-20-24-13-16-36-19-25(24)21-41;3-2(4,5)1(6)7/h4-13,15-16,18-19,22H,2-3,14,17,20-21,35H2,1H3,(H,38,43)(H,39,45);(H,6,7)/t22-;/m0./s1. The molecule has 3 amide bonds. The normalized spacial score (nSPS) is 12.8. The van der Waals surface area contributed by atoms with Crippen molar-refractivity contribution in [2.24, 2.45) is 0 Å². The van der Waals surface area contributed by atoms with Crippen LogP contribution >= 0.6 is 0 Å². The van der Waals surface area contributed by atoms with Crippen LogP contribution in [0.1, 0.15) is 30.9 Å². The predicted octanol–water partition coefficient (Wildman–Crippen LogP) is 2.89. The van der Waals surface area contributed by atoms with Crippen molar-refractivity contribution in [2.45, 2.75) is 51.6 Å². The van der Waals surface area contributed by atoms with E-state index in [0.717, 1.165) is 33.2 Å². The van der Waals surface area contributed by atoms with Gasteiger partial charge in [0, 0.05) is 61.4 Å². The quantitative estimate of drug-likeness (QED) is 0.194. The number of nitrogens with zero attached hydrogens (tertiary/aromatic N) is 5. The molecule has 0 unspecified atom stereocenters. The van der Waals surface area contributed by atoms with Crippen molar-refractivity contribution in [1.29, 1.82) is 0 Å². The molecule has 0 saturated heterocycles. The lowest BCUT2D eigenvalue weighted by Gasteiger charge is -2.17. The number of aromatic nitrogens is 4. The summed E-state index contributed by atoms with van der Waals surface area (Å²) in [6.07, 6.45) is 1.42. The summed E-state index contributed by atoms with van der Waals surface area (Å²) in [6, 6.07) is 20.3. The first-order valence-corrected chi connectivity index (χ1v) is 16.2. The lowest BCUT2D eigenvalue weighted by Crippen LogP contribution is -2.65. The number of carboxylic acid groups (broad SMARTS) is 1. The van der Waals surface area contributed by atoms with Crippen molar-refractivity contribution in [3.8, 4) is 22.4 Å². The van der Waals surface area contributed by atoms with Gasteiger partial charge in [-0.05, 0) is 72.9 Å². The Morgan fingerprint density at radius 3 is 2.38 bits per heavy atom. The van der Waals surface area contributed by atoms with E-state index in [1.165, 1.54) is 4.68 Å². The van der Waals surface area contributed by atoms with Crippen LogP contribution in [-0.2, 0) is 29.2 Å². The number of aryl methyl sites for hydroxylation is 1. The molecule has 0 bridgehead atoms. The molecule has 6 rings (SSSR count). The van der Waals surface area contributed by atoms with Crippen LogP contribution in [0.3, 0.4) is 0 Å². The molecular weight excluding hydrogens is 681 g/mol. The summed E-state index contributed by atoms with van der Waals surface area (Å²) in [6.45, 7) is 3.70. The van der Waals surface area contributed by atoms with Gasteiger partial charge in [0.2, 0.25) is 0 Å². The molecule has 1 atom stereocenters. The van der Waals surface area contributed by atoms with Gasteiger partial charge in [-0.1, -0.05) is 30.3 Å². The zero-order chi connectivity index (χ0) is 37.4. The molecule has 2 aromatic carbocycles. The summed E-state index contributed by atoms with van der Waals surface area (Å²) in [5, 5.41) is 20.2. The highest BCUT2D eigenvalue weighted by Crippen LogP contribution is 2.29. The molecule has 13 nitrogen and oxygen atoms in total. The predicted molar refractivity (Wildman–Crippen MR) is 183 cm³/mol. The average molecular weight is 717 g/mol. The van der Waals surface area contributed by atoms with Crippen LogP contribution in [0, 0.1) is 0 Å². The van der Waals surface area contributed by atoms with Crippen LogP contribution < -0.4 is 27.0 Å². The Morgan fingerprint density at radius 1 is 0.962 bits per heavy atom. The number of carbonyl (C=O) groups excluding carboxylic acids is 3. The smallest absolute Gasteiger partial charge is 0.430 e. The number of alkyl halides is 3.